The van der Waals surface area contributed by atoms with Crippen LogP contribution < -0.4 is 0 Å². The molecule has 0 N–H and O–H groups in total. The molecule has 5 nitrogen and oxygen atoms in total. The zero-order valence-electron chi connectivity index (χ0n) is 14.7. The standard InChI is InChI=1S/C20H25N3O2/c1-2-8-18-21-19(25-22-18)17-11-6-7-12-23(17)20(24)16-13-15(16)14-9-4-3-5-10-14/h3-5,9-10,15-17H,2,6-8,11-13H2,1H3/t15-,16+,17-/m0/s1. The number of nitrogens with zero attached hydrogens (tertiary/aromatic N) is 3. The van der Waals surface area contributed by atoms with Crippen LogP contribution in [0.4, 0.5) is 0 Å². The van der Waals surface area contributed by atoms with Crippen LogP contribution in [0.5, 0.6) is 0 Å². The number of amides is 1. The Balaban J connectivity index is 1.48. The number of likely N-dealkylation sites (tertiary alicyclic amines) is 1. The lowest BCUT2D eigenvalue weighted by molar-refractivity contribution is -0.137. The van der Waals surface area contributed by atoms with Crippen molar-refractivity contribution in [3.63, 3.8) is 0 Å². The number of aromatic nitrogens is 2. The van der Waals surface area contributed by atoms with Crippen molar-refractivity contribution < 1.29 is 9.32 Å². The molecule has 3 atom stereocenters. The van der Waals surface area contributed by atoms with E-state index < -0.39 is 0 Å². The maximum atomic E-state index is 13.1. The Hall–Kier alpha value is -2.17. The van der Waals surface area contributed by atoms with E-state index in [2.05, 4.69) is 29.2 Å². The minimum Gasteiger partial charge on any atom is -0.337 e. The SMILES string of the molecule is CCCc1noc([C@@H]2CCCCN2C(=O)[C@@H]2C[C@H]2c2ccccc2)n1. The number of piperidine rings is 1. The summed E-state index contributed by atoms with van der Waals surface area (Å²) >= 11 is 0. The van der Waals surface area contributed by atoms with E-state index in [4.69, 9.17) is 4.52 Å². The molecule has 1 amide bonds. The van der Waals surface area contributed by atoms with Gasteiger partial charge < -0.3 is 9.42 Å². The second-order valence-electron chi connectivity index (χ2n) is 7.20. The van der Waals surface area contributed by atoms with Crippen LogP contribution in [0, 0.1) is 5.92 Å². The van der Waals surface area contributed by atoms with E-state index in [-0.39, 0.29) is 17.9 Å². The fourth-order valence-electron chi connectivity index (χ4n) is 3.93. The summed E-state index contributed by atoms with van der Waals surface area (Å²) in [5.74, 6) is 2.11. The van der Waals surface area contributed by atoms with Gasteiger partial charge in [-0.25, -0.2) is 0 Å². The Kier molecular flexibility index (Phi) is 4.55. The first-order chi connectivity index (χ1) is 12.3. The lowest BCUT2D eigenvalue weighted by atomic mass is 10.0. The molecule has 5 heteroatoms. The maximum absolute atomic E-state index is 13.1. The topological polar surface area (TPSA) is 59.2 Å². The number of hydrogen-bond donors (Lipinski definition) is 0. The normalized spacial score (nSPS) is 25.8. The highest BCUT2D eigenvalue weighted by Gasteiger charge is 2.47. The molecule has 1 aliphatic heterocycles. The molecule has 2 aliphatic rings. The third-order valence-corrected chi connectivity index (χ3v) is 5.36. The van der Waals surface area contributed by atoms with Gasteiger partial charge in [0.15, 0.2) is 5.82 Å². The highest BCUT2D eigenvalue weighted by atomic mass is 16.5. The van der Waals surface area contributed by atoms with E-state index in [1.165, 1.54) is 5.56 Å². The lowest BCUT2D eigenvalue weighted by Gasteiger charge is -2.33. The zero-order chi connectivity index (χ0) is 17.2. The average molecular weight is 339 g/mol. The third-order valence-electron chi connectivity index (χ3n) is 5.36. The summed E-state index contributed by atoms with van der Waals surface area (Å²) in [7, 11) is 0. The molecule has 1 aliphatic carbocycles. The molecule has 4 rings (SSSR count). The molecular weight excluding hydrogens is 314 g/mol. The van der Waals surface area contributed by atoms with Crippen LogP contribution in [-0.2, 0) is 11.2 Å². The molecule has 0 spiro atoms. The molecule has 2 aromatic rings. The molecule has 0 bridgehead atoms. The van der Waals surface area contributed by atoms with E-state index in [0.717, 1.165) is 50.9 Å². The maximum Gasteiger partial charge on any atom is 0.249 e. The predicted molar refractivity (Wildman–Crippen MR) is 93.9 cm³/mol. The first-order valence-corrected chi connectivity index (χ1v) is 9.46. The molecule has 0 radical (unpaired) electrons. The highest BCUT2D eigenvalue weighted by Crippen LogP contribution is 2.49. The number of rotatable bonds is 5. The van der Waals surface area contributed by atoms with Crippen LogP contribution in [-0.4, -0.2) is 27.5 Å². The Morgan fingerprint density at radius 3 is 2.92 bits per heavy atom. The van der Waals surface area contributed by atoms with Gasteiger partial charge in [0.05, 0.1) is 0 Å². The van der Waals surface area contributed by atoms with Crippen LogP contribution in [0.15, 0.2) is 34.9 Å². The van der Waals surface area contributed by atoms with Crippen LogP contribution in [0.25, 0.3) is 0 Å². The summed E-state index contributed by atoms with van der Waals surface area (Å²) in [6, 6.07) is 10.3. The van der Waals surface area contributed by atoms with E-state index in [9.17, 15) is 4.79 Å². The minimum atomic E-state index is -0.0450. The van der Waals surface area contributed by atoms with Gasteiger partial charge in [0.2, 0.25) is 11.8 Å². The summed E-state index contributed by atoms with van der Waals surface area (Å²) in [6.07, 6.45) is 5.85. The van der Waals surface area contributed by atoms with Gasteiger partial charge in [0.1, 0.15) is 6.04 Å². The molecular formula is C20H25N3O2. The third kappa shape index (κ3) is 3.32. The van der Waals surface area contributed by atoms with Gasteiger partial charge in [0.25, 0.3) is 0 Å². The van der Waals surface area contributed by atoms with Gasteiger partial charge >= 0.3 is 0 Å². The van der Waals surface area contributed by atoms with Gasteiger partial charge in [-0.3, -0.25) is 4.79 Å². The quantitative estimate of drug-likeness (QED) is 0.829. The first kappa shape index (κ1) is 16.3. The Morgan fingerprint density at radius 2 is 2.12 bits per heavy atom. The van der Waals surface area contributed by atoms with Crippen molar-refractivity contribution in [2.75, 3.05) is 6.54 Å². The monoisotopic (exact) mass is 339 g/mol. The van der Waals surface area contributed by atoms with E-state index in [0.29, 0.717) is 11.8 Å². The van der Waals surface area contributed by atoms with Crippen LogP contribution in [0.1, 0.15) is 68.3 Å². The molecule has 132 valence electrons. The highest BCUT2D eigenvalue weighted by molar-refractivity contribution is 5.83. The van der Waals surface area contributed by atoms with E-state index in [1.807, 2.05) is 23.1 Å². The van der Waals surface area contributed by atoms with Crippen molar-refractivity contribution in [1.82, 2.24) is 15.0 Å². The Labute approximate surface area is 148 Å². The van der Waals surface area contributed by atoms with Gasteiger partial charge in [-0.2, -0.15) is 4.98 Å². The van der Waals surface area contributed by atoms with Crippen molar-refractivity contribution in [2.45, 2.75) is 57.4 Å². The Morgan fingerprint density at radius 1 is 1.28 bits per heavy atom. The van der Waals surface area contributed by atoms with Crippen molar-refractivity contribution in [2.24, 2.45) is 5.92 Å². The van der Waals surface area contributed by atoms with Crippen LogP contribution in [0.3, 0.4) is 0 Å². The molecule has 1 aromatic heterocycles. The van der Waals surface area contributed by atoms with Gasteiger partial charge in [0, 0.05) is 18.9 Å². The molecule has 2 fully saturated rings. The van der Waals surface area contributed by atoms with E-state index in [1.54, 1.807) is 0 Å². The van der Waals surface area contributed by atoms with Gasteiger partial charge in [-0.1, -0.05) is 42.4 Å². The smallest absolute Gasteiger partial charge is 0.249 e. The minimum absolute atomic E-state index is 0.0450. The number of carbonyl (C=O) groups is 1. The zero-order valence-corrected chi connectivity index (χ0v) is 14.7. The summed E-state index contributed by atoms with van der Waals surface area (Å²) in [5.41, 5.74) is 1.28. The van der Waals surface area contributed by atoms with Crippen molar-refractivity contribution in [1.29, 1.82) is 0 Å². The number of hydrogen-bond acceptors (Lipinski definition) is 4. The predicted octanol–water partition coefficient (Wildman–Crippen LogP) is 3.88. The molecule has 25 heavy (non-hydrogen) atoms. The molecule has 1 saturated carbocycles. The van der Waals surface area contributed by atoms with Crippen molar-refractivity contribution in [3.8, 4) is 0 Å². The molecule has 0 unspecified atom stereocenters. The lowest BCUT2D eigenvalue weighted by Crippen LogP contribution is -2.39. The fraction of sp³-hybridized carbons (Fsp3) is 0.550. The average Bonchev–Trinajstić information content (AvgIpc) is 3.33. The van der Waals surface area contributed by atoms with Gasteiger partial charge in [-0.15, -0.1) is 0 Å². The second-order valence-corrected chi connectivity index (χ2v) is 7.20. The number of benzene rings is 1. The van der Waals surface area contributed by atoms with Crippen LogP contribution in [0.2, 0.25) is 0 Å². The second kappa shape index (κ2) is 6.98. The molecule has 2 heterocycles. The largest absolute Gasteiger partial charge is 0.337 e. The first-order valence-electron chi connectivity index (χ1n) is 9.46. The summed E-state index contributed by atoms with van der Waals surface area (Å²) in [5, 5.41) is 4.07. The number of carbonyl (C=O) groups excluding carboxylic acids is 1. The number of aryl methyl sites for hydroxylation is 1. The van der Waals surface area contributed by atoms with Crippen molar-refractivity contribution >= 4 is 5.91 Å². The summed E-state index contributed by atoms with van der Waals surface area (Å²) < 4.78 is 5.49. The Bertz CT molecular complexity index is 728. The fourth-order valence-corrected chi connectivity index (χ4v) is 3.93. The summed E-state index contributed by atoms with van der Waals surface area (Å²) in [4.78, 5) is 19.6. The summed E-state index contributed by atoms with van der Waals surface area (Å²) in [6.45, 7) is 2.90. The molecule has 1 saturated heterocycles. The van der Waals surface area contributed by atoms with Crippen molar-refractivity contribution in [3.05, 3.63) is 47.6 Å². The van der Waals surface area contributed by atoms with Crippen LogP contribution >= 0.6 is 0 Å². The molecule has 1 aromatic carbocycles. The van der Waals surface area contributed by atoms with Gasteiger partial charge in [-0.05, 0) is 43.6 Å². The van der Waals surface area contributed by atoms with E-state index >= 15 is 0 Å².